The van der Waals surface area contributed by atoms with E-state index in [4.69, 9.17) is 10.5 Å². The number of carbonyl (C=O) groups is 1. The molecule has 0 saturated carbocycles. The van der Waals surface area contributed by atoms with Crippen molar-refractivity contribution in [3.05, 3.63) is 63.2 Å². The summed E-state index contributed by atoms with van der Waals surface area (Å²) in [5.41, 5.74) is 6.13. The minimum Gasteiger partial charge on any atom is -0.439 e. The highest BCUT2D eigenvalue weighted by atomic mass is 16.6. The maximum atomic E-state index is 11.0. The zero-order valence-electron chi connectivity index (χ0n) is 11.8. The van der Waals surface area contributed by atoms with Crippen LogP contribution in [0.4, 0.5) is 5.69 Å². The average molecular weight is 316 g/mol. The van der Waals surface area contributed by atoms with Crippen LogP contribution in [0.1, 0.15) is 5.56 Å². The summed E-state index contributed by atoms with van der Waals surface area (Å²) < 4.78 is 5.44. The first kappa shape index (κ1) is 16.2. The van der Waals surface area contributed by atoms with Crippen LogP contribution in [0, 0.1) is 15.0 Å². The molecule has 1 aromatic heterocycles. The Balaban J connectivity index is 2.00. The monoisotopic (exact) mass is 316 g/mol. The predicted octanol–water partition coefficient (Wildman–Crippen LogP) is 1.94. The first-order valence-electron chi connectivity index (χ1n) is 6.49. The summed E-state index contributed by atoms with van der Waals surface area (Å²) in [7, 11) is 0. The van der Waals surface area contributed by atoms with E-state index in [0.29, 0.717) is 5.75 Å². The van der Waals surface area contributed by atoms with E-state index in [1.54, 1.807) is 24.3 Å². The average Bonchev–Trinajstić information content (AvgIpc) is 2.56. The second kappa shape index (κ2) is 7.18. The fraction of sp³-hybridized carbons (Fsp3) is 0.143. The van der Waals surface area contributed by atoms with E-state index >= 15 is 0 Å². The normalized spacial score (nSPS) is 11.5. The van der Waals surface area contributed by atoms with E-state index < -0.39 is 16.9 Å². The Hall–Kier alpha value is -3.20. The van der Waals surface area contributed by atoms with Crippen molar-refractivity contribution in [2.45, 2.75) is 12.5 Å². The van der Waals surface area contributed by atoms with E-state index in [0.717, 1.165) is 11.8 Å². The Bertz CT molecular complexity index is 715. The van der Waals surface area contributed by atoms with Gasteiger partial charge in [0.15, 0.2) is 0 Å². The van der Waals surface area contributed by atoms with Gasteiger partial charge in [0.05, 0.1) is 11.0 Å². The van der Waals surface area contributed by atoms with Gasteiger partial charge in [-0.15, -0.1) is 4.91 Å². The minimum atomic E-state index is -0.976. The highest BCUT2D eigenvalue weighted by Gasteiger charge is 2.14. The van der Waals surface area contributed by atoms with Crippen LogP contribution in [0.25, 0.3) is 0 Å². The van der Waals surface area contributed by atoms with E-state index in [-0.39, 0.29) is 18.0 Å². The fourth-order valence-corrected chi connectivity index (χ4v) is 1.76. The topological polar surface area (TPSA) is 138 Å². The molecule has 9 nitrogen and oxygen atoms in total. The van der Waals surface area contributed by atoms with Crippen molar-refractivity contribution >= 4 is 11.6 Å². The van der Waals surface area contributed by atoms with Crippen molar-refractivity contribution in [1.29, 1.82) is 0 Å². The summed E-state index contributed by atoms with van der Waals surface area (Å²) in [6.45, 7) is 0. The van der Waals surface area contributed by atoms with Crippen LogP contribution in [0.2, 0.25) is 0 Å². The van der Waals surface area contributed by atoms with E-state index in [1.165, 1.54) is 12.1 Å². The van der Waals surface area contributed by atoms with Gasteiger partial charge < -0.3 is 10.5 Å². The molecule has 0 fully saturated rings. The van der Waals surface area contributed by atoms with Crippen molar-refractivity contribution in [3.8, 4) is 11.6 Å². The number of ether oxygens (including phenoxy) is 1. The molecule has 0 saturated heterocycles. The number of nitroso groups, excluding NO2 is 1. The van der Waals surface area contributed by atoms with Crippen molar-refractivity contribution in [1.82, 2.24) is 4.98 Å². The first-order chi connectivity index (χ1) is 11.0. The van der Waals surface area contributed by atoms with Gasteiger partial charge in [0.2, 0.25) is 5.88 Å². The predicted molar refractivity (Wildman–Crippen MR) is 79.9 cm³/mol. The Morgan fingerprint density at radius 2 is 2.00 bits per heavy atom. The lowest BCUT2D eigenvalue weighted by atomic mass is 10.1. The molecule has 2 N–H and O–H groups in total. The second-order valence-corrected chi connectivity index (χ2v) is 4.60. The largest absolute Gasteiger partial charge is 0.439 e. The lowest BCUT2D eigenvalue weighted by Crippen LogP contribution is -2.31. The van der Waals surface area contributed by atoms with Crippen molar-refractivity contribution in [3.63, 3.8) is 0 Å². The molecule has 1 amide bonds. The number of pyridine rings is 1. The molecule has 9 heteroatoms. The maximum absolute atomic E-state index is 11.0. The number of benzene rings is 1. The molecule has 118 valence electrons. The second-order valence-electron chi connectivity index (χ2n) is 4.60. The molecule has 1 atom stereocenters. The van der Waals surface area contributed by atoms with Gasteiger partial charge in [-0.2, -0.15) is 0 Å². The lowest BCUT2D eigenvalue weighted by molar-refractivity contribution is -0.385. The van der Waals surface area contributed by atoms with Gasteiger partial charge in [0, 0.05) is 17.3 Å². The fourth-order valence-electron chi connectivity index (χ4n) is 1.76. The van der Waals surface area contributed by atoms with Crippen LogP contribution in [0.5, 0.6) is 11.6 Å². The summed E-state index contributed by atoms with van der Waals surface area (Å²) in [4.78, 5) is 34.9. The molecule has 0 aliphatic rings. The number of carbonyl (C=O) groups excluding carboxylic acids is 1. The van der Waals surface area contributed by atoms with Gasteiger partial charge in [0.1, 0.15) is 11.9 Å². The number of hydrogen-bond donors (Lipinski definition) is 1. The van der Waals surface area contributed by atoms with Gasteiger partial charge in [-0.05, 0) is 24.1 Å². The molecule has 1 unspecified atom stereocenters. The number of nitrogens with two attached hydrogens (primary N) is 1. The zero-order chi connectivity index (χ0) is 16.8. The van der Waals surface area contributed by atoms with Crippen LogP contribution in [-0.4, -0.2) is 21.9 Å². The summed E-state index contributed by atoms with van der Waals surface area (Å²) >= 11 is 0. The summed E-state index contributed by atoms with van der Waals surface area (Å²) in [5.74, 6) is -0.232. The number of rotatable bonds is 6. The number of nitrogens with zero attached hydrogens (tertiary/aromatic N) is 3. The lowest BCUT2D eigenvalue weighted by Gasteiger charge is -2.08. The third-order valence-corrected chi connectivity index (χ3v) is 2.94. The Labute approximate surface area is 130 Å². The van der Waals surface area contributed by atoms with E-state index in [1.807, 2.05) is 0 Å². The standard InChI is InChI=1S/C14H12N4O5/c15-12(14(19)17-20)7-9-1-4-11(5-2-9)23-13-6-3-10(8-16-13)18(21)22/h1-6,8,12H,7,15H2. The number of hydrogen-bond acceptors (Lipinski definition) is 7. The molecule has 0 radical (unpaired) electrons. The van der Waals surface area contributed by atoms with Crippen LogP contribution in [0.15, 0.2) is 47.8 Å². The Morgan fingerprint density at radius 3 is 2.52 bits per heavy atom. The van der Waals surface area contributed by atoms with E-state index in [2.05, 4.69) is 10.2 Å². The summed E-state index contributed by atoms with van der Waals surface area (Å²) in [6.07, 6.45) is 1.28. The Kier molecular flexibility index (Phi) is 5.05. The van der Waals surface area contributed by atoms with Crippen LogP contribution in [0.3, 0.4) is 0 Å². The highest BCUT2D eigenvalue weighted by molar-refractivity contribution is 5.82. The van der Waals surface area contributed by atoms with Gasteiger partial charge in [-0.3, -0.25) is 14.9 Å². The third kappa shape index (κ3) is 4.38. The molecule has 2 aromatic rings. The molecule has 0 spiro atoms. The first-order valence-corrected chi connectivity index (χ1v) is 6.49. The van der Waals surface area contributed by atoms with Crippen LogP contribution in [-0.2, 0) is 11.2 Å². The quantitative estimate of drug-likeness (QED) is 0.488. The van der Waals surface area contributed by atoms with Gasteiger partial charge >= 0.3 is 5.91 Å². The van der Waals surface area contributed by atoms with Crippen LogP contribution >= 0.6 is 0 Å². The molecule has 0 bridgehead atoms. The SMILES string of the molecule is NC(Cc1ccc(Oc2ccc([N+](=O)[O-])cn2)cc1)C(=O)N=O. The minimum absolute atomic E-state index is 0.129. The molecule has 0 aliphatic heterocycles. The van der Waals surface area contributed by atoms with Gasteiger partial charge in [-0.25, -0.2) is 4.98 Å². The van der Waals surface area contributed by atoms with Crippen molar-refractivity contribution < 1.29 is 14.5 Å². The third-order valence-electron chi connectivity index (χ3n) is 2.94. The molecule has 1 heterocycles. The molecular formula is C14H12N4O5. The van der Waals surface area contributed by atoms with Gasteiger partial charge in [0.25, 0.3) is 5.69 Å². The molecule has 23 heavy (non-hydrogen) atoms. The summed E-state index contributed by atoms with van der Waals surface area (Å²) in [6, 6.07) is 8.31. The van der Waals surface area contributed by atoms with Crippen molar-refractivity contribution in [2.75, 3.05) is 0 Å². The maximum Gasteiger partial charge on any atom is 0.303 e. The summed E-state index contributed by atoms with van der Waals surface area (Å²) in [5, 5.41) is 12.8. The molecule has 1 aromatic carbocycles. The van der Waals surface area contributed by atoms with Gasteiger partial charge in [-0.1, -0.05) is 12.1 Å². The van der Waals surface area contributed by atoms with Crippen LogP contribution < -0.4 is 10.5 Å². The number of amides is 1. The van der Waals surface area contributed by atoms with Crippen molar-refractivity contribution in [2.24, 2.45) is 10.9 Å². The number of nitro groups is 1. The molecular weight excluding hydrogens is 304 g/mol. The highest BCUT2D eigenvalue weighted by Crippen LogP contribution is 2.21. The molecule has 2 rings (SSSR count). The van der Waals surface area contributed by atoms with E-state index in [9.17, 15) is 19.8 Å². The zero-order valence-corrected chi connectivity index (χ0v) is 11.8. The molecule has 0 aliphatic carbocycles. The smallest absolute Gasteiger partial charge is 0.303 e. The number of aromatic nitrogens is 1. The Morgan fingerprint density at radius 1 is 1.30 bits per heavy atom.